The molecule has 6 nitrogen and oxygen atoms in total. The predicted molar refractivity (Wildman–Crippen MR) is 87.0 cm³/mol. The topological polar surface area (TPSA) is 72.0 Å². The van der Waals surface area contributed by atoms with Gasteiger partial charge in [0.2, 0.25) is 11.9 Å². The summed E-state index contributed by atoms with van der Waals surface area (Å²) in [5.74, 6) is 1.11. The number of nitrogens with one attached hydrogen (secondary N) is 2. The first-order valence-electron chi connectivity index (χ1n) is 7.96. The molecule has 1 unspecified atom stereocenters. The van der Waals surface area contributed by atoms with Gasteiger partial charge in [0.05, 0.1) is 6.10 Å². The number of nitrogens with zero attached hydrogens (tertiary/aromatic N) is 3. The summed E-state index contributed by atoms with van der Waals surface area (Å²) < 4.78 is 5.58. The van der Waals surface area contributed by atoms with Crippen LogP contribution < -0.4 is 15.4 Å². The fourth-order valence-corrected chi connectivity index (χ4v) is 2.07. The Balaban J connectivity index is 2.82. The average molecular weight is 295 g/mol. The third-order valence-corrected chi connectivity index (χ3v) is 3.06. The Labute approximate surface area is 128 Å². The molecular weight excluding hydrogens is 266 g/mol. The molecule has 1 aromatic rings. The lowest BCUT2D eigenvalue weighted by atomic mass is 10.1. The van der Waals surface area contributed by atoms with Crippen LogP contribution in [0.2, 0.25) is 0 Å². The molecule has 0 saturated heterocycles. The van der Waals surface area contributed by atoms with E-state index in [1.165, 1.54) is 12.8 Å². The molecule has 0 amide bonds. The van der Waals surface area contributed by atoms with Crippen molar-refractivity contribution in [1.29, 1.82) is 0 Å². The molecule has 0 aromatic carbocycles. The van der Waals surface area contributed by atoms with E-state index in [1.807, 2.05) is 13.8 Å². The van der Waals surface area contributed by atoms with E-state index in [0.29, 0.717) is 23.9 Å². The molecule has 0 aliphatic heterocycles. The van der Waals surface area contributed by atoms with Crippen LogP contribution in [0, 0.1) is 0 Å². The Hall–Kier alpha value is -1.59. The standard InChI is InChI=1S/C15H29N5O/c1-6-8-10-12(9-7-2)17-14-18-13(16-5)19-15(20-14)21-11(3)4/h11-12H,6-10H2,1-5H3,(H2,16,17,18,19,20). The smallest absolute Gasteiger partial charge is 0.323 e. The summed E-state index contributed by atoms with van der Waals surface area (Å²) in [7, 11) is 1.79. The van der Waals surface area contributed by atoms with Gasteiger partial charge in [-0.25, -0.2) is 0 Å². The summed E-state index contributed by atoms with van der Waals surface area (Å²) in [6, 6.07) is 0.756. The zero-order valence-corrected chi connectivity index (χ0v) is 13.9. The van der Waals surface area contributed by atoms with Crippen LogP contribution in [0.1, 0.15) is 59.8 Å². The van der Waals surface area contributed by atoms with Crippen molar-refractivity contribution < 1.29 is 4.74 Å². The van der Waals surface area contributed by atoms with Crippen molar-refractivity contribution in [2.24, 2.45) is 0 Å². The number of rotatable bonds is 10. The van der Waals surface area contributed by atoms with Gasteiger partial charge in [-0.05, 0) is 26.7 Å². The van der Waals surface area contributed by atoms with Crippen molar-refractivity contribution in [3.05, 3.63) is 0 Å². The molecule has 0 aliphatic rings. The number of ether oxygens (including phenoxy) is 1. The van der Waals surface area contributed by atoms with Crippen molar-refractivity contribution in [3.8, 4) is 6.01 Å². The Morgan fingerprint density at radius 1 is 1.00 bits per heavy atom. The molecule has 120 valence electrons. The maximum atomic E-state index is 5.58. The molecule has 0 aliphatic carbocycles. The SMILES string of the molecule is CCCCC(CCC)Nc1nc(NC)nc(OC(C)C)n1. The molecule has 0 spiro atoms. The van der Waals surface area contributed by atoms with Gasteiger partial charge in [0, 0.05) is 13.1 Å². The van der Waals surface area contributed by atoms with E-state index in [-0.39, 0.29) is 6.10 Å². The van der Waals surface area contributed by atoms with E-state index < -0.39 is 0 Å². The fourth-order valence-electron chi connectivity index (χ4n) is 2.07. The summed E-state index contributed by atoms with van der Waals surface area (Å²) in [6.45, 7) is 8.31. The van der Waals surface area contributed by atoms with Crippen LogP contribution in [0.4, 0.5) is 11.9 Å². The molecule has 1 heterocycles. The molecule has 6 heteroatoms. The molecule has 1 rings (SSSR count). The Kier molecular flexibility index (Phi) is 7.79. The molecular formula is C15H29N5O. The third kappa shape index (κ3) is 6.60. The van der Waals surface area contributed by atoms with Gasteiger partial charge in [0.1, 0.15) is 0 Å². The van der Waals surface area contributed by atoms with E-state index >= 15 is 0 Å². The van der Waals surface area contributed by atoms with Crippen LogP contribution in [0.15, 0.2) is 0 Å². The quantitative estimate of drug-likeness (QED) is 0.688. The number of hydrogen-bond acceptors (Lipinski definition) is 6. The minimum absolute atomic E-state index is 0.0384. The number of hydrogen-bond donors (Lipinski definition) is 2. The summed E-state index contributed by atoms with van der Waals surface area (Å²) in [5.41, 5.74) is 0. The molecule has 1 aromatic heterocycles. The largest absolute Gasteiger partial charge is 0.461 e. The molecule has 0 saturated carbocycles. The first-order chi connectivity index (χ1) is 10.1. The normalized spacial score (nSPS) is 12.3. The van der Waals surface area contributed by atoms with Crippen LogP contribution in [0.5, 0.6) is 6.01 Å². The summed E-state index contributed by atoms with van der Waals surface area (Å²) >= 11 is 0. The number of unbranched alkanes of at least 4 members (excludes halogenated alkanes) is 1. The Morgan fingerprint density at radius 3 is 2.29 bits per heavy atom. The summed E-state index contributed by atoms with van der Waals surface area (Å²) in [5, 5.41) is 6.37. The van der Waals surface area contributed by atoms with Gasteiger partial charge in [-0.15, -0.1) is 0 Å². The first kappa shape index (κ1) is 17.5. The maximum absolute atomic E-state index is 5.58. The second-order valence-electron chi connectivity index (χ2n) is 5.45. The van der Waals surface area contributed by atoms with Crippen LogP contribution in [-0.2, 0) is 0 Å². The first-order valence-corrected chi connectivity index (χ1v) is 7.96. The van der Waals surface area contributed by atoms with E-state index in [2.05, 4.69) is 39.4 Å². The molecule has 0 radical (unpaired) electrons. The van der Waals surface area contributed by atoms with E-state index in [1.54, 1.807) is 7.05 Å². The zero-order valence-electron chi connectivity index (χ0n) is 13.9. The lowest BCUT2D eigenvalue weighted by molar-refractivity contribution is 0.222. The monoisotopic (exact) mass is 295 g/mol. The minimum atomic E-state index is 0.0384. The highest BCUT2D eigenvalue weighted by atomic mass is 16.5. The van der Waals surface area contributed by atoms with Crippen molar-refractivity contribution in [1.82, 2.24) is 15.0 Å². The van der Waals surface area contributed by atoms with Crippen molar-refractivity contribution in [2.75, 3.05) is 17.7 Å². The van der Waals surface area contributed by atoms with Crippen LogP contribution in [0.25, 0.3) is 0 Å². The van der Waals surface area contributed by atoms with E-state index in [4.69, 9.17) is 4.74 Å². The maximum Gasteiger partial charge on any atom is 0.323 e. The van der Waals surface area contributed by atoms with Gasteiger partial charge in [-0.1, -0.05) is 33.1 Å². The van der Waals surface area contributed by atoms with Gasteiger partial charge in [-0.2, -0.15) is 15.0 Å². The van der Waals surface area contributed by atoms with Gasteiger partial charge in [0.15, 0.2) is 0 Å². The summed E-state index contributed by atoms with van der Waals surface area (Å²) in [4.78, 5) is 12.9. The van der Waals surface area contributed by atoms with Crippen molar-refractivity contribution in [3.63, 3.8) is 0 Å². The Bertz CT molecular complexity index is 411. The number of aromatic nitrogens is 3. The highest BCUT2D eigenvalue weighted by molar-refractivity contribution is 5.36. The second kappa shape index (κ2) is 9.37. The van der Waals surface area contributed by atoms with Gasteiger partial charge < -0.3 is 15.4 Å². The fraction of sp³-hybridized carbons (Fsp3) is 0.800. The van der Waals surface area contributed by atoms with Crippen LogP contribution in [-0.4, -0.2) is 34.1 Å². The minimum Gasteiger partial charge on any atom is -0.461 e. The molecule has 2 N–H and O–H groups in total. The van der Waals surface area contributed by atoms with Gasteiger partial charge in [-0.3, -0.25) is 0 Å². The van der Waals surface area contributed by atoms with Gasteiger partial charge >= 0.3 is 6.01 Å². The molecule has 0 bridgehead atoms. The number of anilines is 2. The van der Waals surface area contributed by atoms with Gasteiger partial charge in [0.25, 0.3) is 0 Å². The van der Waals surface area contributed by atoms with E-state index in [9.17, 15) is 0 Å². The average Bonchev–Trinajstić information content (AvgIpc) is 2.44. The molecule has 1 atom stereocenters. The van der Waals surface area contributed by atoms with Crippen molar-refractivity contribution in [2.45, 2.75) is 71.9 Å². The highest BCUT2D eigenvalue weighted by Gasteiger charge is 2.12. The third-order valence-electron chi connectivity index (χ3n) is 3.06. The van der Waals surface area contributed by atoms with Crippen LogP contribution >= 0.6 is 0 Å². The van der Waals surface area contributed by atoms with Crippen molar-refractivity contribution >= 4 is 11.9 Å². The Morgan fingerprint density at radius 2 is 1.71 bits per heavy atom. The lowest BCUT2D eigenvalue weighted by Crippen LogP contribution is -2.22. The summed E-state index contributed by atoms with van der Waals surface area (Å²) in [6.07, 6.45) is 5.82. The predicted octanol–water partition coefficient (Wildman–Crippen LogP) is 3.47. The second-order valence-corrected chi connectivity index (χ2v) is 5.45. The zero-order chi connectivity index (χ0) is 15.7. The molecule has 0 fully saturated rings. The molecule has 21 heavy (non-hydrogen) atoms. The van der Waals surface area contributed by atoms with E-state index in [0.717, 1.165) is 19.3 Å². The van der Waals surface area contributed by atoms with Crippen LogP contribution in [0.3, 0.4) is 0 Å². The highest BCUT2D eigenvalue weighted by Crippen LogP contribution is 2.16. The lowest BCUT2D eigenvalue weighted by Gasteiger charge is -2.18.